The molecule has 3 atom stereocenters. The molecule has 1 aromatic carbocycles. The Labute approximate surface area is 163 Å². The molecular weight excluding hydrogens is 364 g/mol. The molecule has 0 amide bonds. The predicted octanol–water partition coefficient (Wildman–Crippen LogP) is 3.74. The molecule has 0 spiro atoms. The van der Waals surface area contributed by atoms with Crippen molar-refractivity contribution in [2.45, 2.75) is 37.8 Å². The molecule has 2 aromatic heterocycles. The number of aromatic nitrogens is 4. The summed E-state index contributed by atoms with van der Waals surface area (Å²) >= 11 is 5.95. The first kappa shape index (κ1) is 18.3. The van der Waals surface area contributed by atoms with E-state index in [2.05, 4.69) is 15.1 Å². The van der Waals surface area contributed by atoms with Crippen LogP contribution in [0.3, 0.4) is 0 Å². The molecule has 0 bridgehead atoms. The molecule has 3 aromatic rings. The lowest BCUT2D eigenvalue weighted by atomic mass is 9.94. The van der Waals surface area contributed by atoms with Gasteiger partial charge in [-0.3, -0.25) is 0 Å². The summed E-state index contributed by atoms with van der Waals surface area (Å²) in [5, 5.41) is 17.0. The SMILES string of the molecule is COCCc1ncnc2c1cnn2C1CCC(C(O)c2ccc(Cl)cc2)C1. The van der Waals surface area contributed by atoms with Crippen molar-refractivity contribution in [2.75, 3.05) is 13.7 Å². The lowest BCUT2D eigenvalue weighted by Crippen LogP contribution is -2.12. The van der Waals surface area contributed by atoms with Crippen molar-refractivity contribution in [1.29, 1.82) is 0 Å². The number of hydrogen-bond donors (Lipinski definition) is 1. The molecule has 1 aliphatic carbocycles. The topological polar surface area (TPSA) is 73.1 Å². The largest absolute Gasteiger partial charge is 0.388 e. The summed E-state index contributed by atoms with van der Waals surface area (Å²) < 4.78 is 7.17. The Kier molecular flexibility index (Phi) is 5.38. The number of hydrogen-bond acceptors (Lipinski definition) is 5. The van der Waals surface area contributed by atoms with Gasteiger partial charge in [0.05, 0.1) is 36.0 Å². The summed E-state index contributed by atoms with van der Waals surface area (Å²) in [6, 6.07) is 7.69. The second kappa shape index (κ2) is 7.92. The third kappa shape index (κ3) is 3.70. The van der Waals surface area contributed by atoms with Gasteiger partial charge in [-0.2, -0.15) is 5.10 Å². The number of benzene rings is 1. The van der Waals surface area contributed by atoms with Crippen molar-refractivity contribution in [3.63, 3.8) is 0 Å². The van der Waals surface area contributed by atoms with Crippen LogP contribution in [0.4, 0.5) is 0 Å². The van der Waals surface area contributed by atoms with Crippen LogP contribution in [-0.4, -0.2) is 38.6 Å². The van der Waals surface area contributed by atoms with Gasteiger partial charge < -0.3 is 9.84 Å². The molecule has 4 rings (SSSR count). The Bertz CT molecular complexity index is 912. The minimum atomic E-state index is -0.485. The van der Waals surface area contributed by atoms with Gasteiger partial charge in [-0.1, -0.05) is 23.7 Å². The van der Waals surface area contributed by atoms with E-state index >= 15 is 0 Å². The number of nitrogens with zero attached hydrogens (tertiary/aromatic N) is 4. The Balaban J connectivity index is 1.52. The molecule has 6 nitrogen and oxygen atoms in total. The maximum Gasteiger partial charge on any atom is 0.161 e. The molecule has 0 radical (unpaired) electrons. The van der Waals surface area contributed by atoms with Crippen molar-refractivity contribution >= 4 is 22.6 Å². The van der Waals surface area contributed by atoms with E-state index in [0.717, 1.165) is 48.0 Å². The van der Waals surface area contributed by atoms with E-state index in [1.165, 1.54) is 0 Å². The van der Waals surface area contributed by atoms with Gasteiger partial charge in [0.25, 0.3) is 0 Å². The fourth-order valence-electron chi connectivity index (χ4n) is 4.01. The maximum atomic E-state index is 10.8. The van der Waals surface area contributed by atoms with E-state index in [1.54, 1.807) is 13.4 Å². The Morgan fingerprint density at radius 2 is 2.07 bits per heavy atom. The molecule has 1 saturated carbocycles. The number of fused-ring (bicyclic) bond motifs is 1. The molecule has 3 unspecified atom stereocenters. The van der Waals surface area contributed by atoms with Gasteiger partial charge in [0.1, 0.15) is 6.33 Å². The first-order chi connectivity index (χ1) is 13.2. The molecule has 1 fully saturated rings. The summed E-state index contributed by atoms with van der Waals surface area (Å²) in [5.74, 6) is 0.199. The van der Waals surface area contributed by atoms with E-state index in [0.29, 0.717) is 11.6 Å². The van der Waals surface area contributed by atoms with E-state index < -0.39 is 6.10 Å². The third-order valence-corrected chi connectivity index (χ3v) is 5.72. The van der Waals surface area contributed by atoms with Gasteiger partial charge >= 0.3 is 0 Å². The zero-order chi connectivity index (χ0) is 18.8. The Hall–Kier alpha value is -2.02. The van der Waals surface area contributed by atoms with Crippen LogP contribution in [0.1, 0.15) is 42.7 Å². The Morgan fingerprint density at radius 3 is 2.85 bits per heavy atom. The molecule has 0 aliphatic heterocycles. The summed E-state index contributed by atoms with van der Waals surface area (Å²) in [6.07, 6.45) is 6.51. The molecular formula is C20H23ClN4O2. The monoisotopic (exact) mass is 386 g/mol. The fraction of sp³-hybridized carbons (Fsp3) is 0.450. The van der Waals surface area contributed by atoms with Crippen LogP contribution in [0.2, 0.25) is 5.02 Å². The van der Waals surface area contributed by atoms with Crippen LogP contribution >= 0.6 is 11.6 Å². The number of methoxy groups -OCH3 is 1. The van der Waals surface area contributed by atoms with Gasteiger partial charge in [0.15, 0.2) is 5.65 Å². The molecule has 7 heteroatoms. The molecule has 1 aliphatic rings. The lowest BCUT2D eigenvalue weighted by Gasteiger charge is -2.19. The highest BCUT2D eigenvalue weighted by molar-refractivity contribution is 6.30. The summed E-state index contributed by atoms with van der Waals surface area (Å²) in [5.41, 5.74) is 2.74. The third-order valence-electron chi connectivity index (χ3n) is 5.47. The van der Waals surface area contributed by atoms with Gasteiger partial charge in [-0.25, -0.2) is 14.6 Å². The Morgan fingerprint density at radius 1 is 1.26 bits per heavy atom. The fourth-order valence-corrected chi connectivity index (χ4v) is 4.13. The predicted molar refractivity (Wildman–Crippen MR) is 104 cm³/mol. The number of aliphatic hydroxyl groups excluding tert-OH is 1. The highest BCUT2D eigenvalue weighted by Gasteiger charge is 2.33. The van der Waals surface area contributed by atoms with Gasteiger partial charge in [0, 0.05) is 18.6 Å². The number of aliphatic hydroxyl groups is 1. The number of rotatable bonds is 6. The van der Waals surface area contributed by atoms with Gasteiger partial charge in [-0.05, 0) is 42.9 Å². The van der Waals surface area contributed by atoms with Crippen LogP contribution in [0.5, 0.6) is 0 Å². The van der Waals surface area contributed by atoms with Crippen LogP contribution in [0.25, 0.3) is 11.0 Å². The number of ether oxygens (including phenoxy) is 1. The van der Waals surface area contributed by atoms with E-state index in [4.69, 9.17) is 16.3 Å². The maximum absolute atomic E-state index is 10.8. The quantitative estimate of drug-likeness (QED) is 0.698. The first-order valence-corrected chi connectivity index (χ1v) is 9.64. The van der Waals surface area contributed by atoms with Crippen LogP contribution < -0.4 is 0 Å². The van der Waals surface area contributed by atoms with Crippen LogP contribution in [0.15, 0.2) is 36.8 Å². The average Bonchev–Trinajstić information content (AvgIpc) is 3.33. The van der Waals surface area contributed by atoms with E-state index in [1.807, 2.05) is 35.1 Å². The minimum absolute atomic E-state index is 0.199. The van der Waals surface area contributed by atoms with Crippen molar-refractivity contribution in [2.24, 2.45) is 5.92 Å². The van der Waals surface area contributed by atoms with Crippen LogP contribution in [-0.2, 0) is 11.2 Å². The molecule has 2 heterocycles. The normalized spacial score (nSPS) is 21.0. The second-order valence-corrected chi connectivity index (χ2v) is 7.55. The van der Waals surface area contributed by atoms with E-state index in [-0.39, 0.29) is 12.0 Å². The minimum Gasteiger partial charge on any atom is -0.388 e. The average molecular weight is 387 g/mol. The lowest BCUT2D eigenvalue weighted by molar-refractivity contribution is 0.109. The smallest absolute Gasteiger partial charge is 0.161 e. The van der Waals surface area contributed by atoms with Crippen LogP contribution in [0, 0.1) is 5.92 Å². The van der Waals surface area contributed by atoms with Gasteiger partial charge in [0.2, 0.25) is 0 Å². The molecule has 0 saturated heterocycles. The summed E-state index contributed by atoms with van der Waals surface area (Å²) in [7, 11) is 1.69. The zero-order valence-corrected chi connectivity index (χ0v) is 16.0. The highest BCUT2D eigenvalue weighted by Crippen LogP contribution is 2.42. The molecule has 142 valence electrons. The standard InChI is InChI=1S/C20H23ClN4O2/c1-27-9-8-18-17-11-24-25(20(17)23-12-22-18)16-7-4-14(10-16)19(26)13-2-5-15(21)6-3-13/h2-3,5-6,11-12,14,16,19,26H,4,7-10H2,1H3. The van der Waals surface area contributed by atoms with Crippen molar-refractivity contribution in [3.05, 3.63) is 53.1 Å². The van der Waals surface area contributed by atoms with Gasteiger partial charge in [-0.15, -0.1) is 0 Å². The number of halogens is 1. The van der Waals surface area contributed by atoms with Crippen molar-refractivity contribution < 1.29 is 9.84 Å². The van der Waals surface area contributed by atoms with Crippen molar-refractivity contribution in [1.82, 2.24) is 19.7 Å². The van der Waals surface area contributed by atoms with E-state index in [9.17, 15) is 5.11 Å². The first-order valence-electron chi connectivity index (χ1n) is 9.27. The molecule has 1 N–H and O–H groups in total. The zero-order valence-electron chi connectivity index (χ0n) is 15.3. The second-order valence-electron chi connectivity index (χ2n) is 7.11. The van der Waals surface area contributed by atoms with Crippen molar-refractivity contribution in [3.8, 4) is 0 Å². The summed E-state index contributed by atoms with van der Waals surface area (Å²) in [6.45, 7) is 0.621. The molecule has 27 heavy (non-hydrogen) atoms. The highest BCUT2D eigenvalue weighted by atomic mass is 35.5. The summed E-state index contributed by atoms with van der Waals surface area (Å²) in [4.78, 5) is 8.84.